The van der Waals surface area contributed by atoms with Crippen LogP contribution in [-0.4, -0.2) is 11.9 Å². The minimum atomic E-state index is -0.438. The molecule has 142 valence electrons. The Balaban J connectivity index is 1.60. The molecule has 1 N–H and O–H groups in total. The zero-order valence-corrected chi connectivity index (χ0v) is 15.5. The van der Waals surface area contributed by atoms with E-state index < -0.39 is 12.0 Å². The predicted molar refractivity (Wildman–Crippen MR) is 106 cm³/mol. The average molecular weight is 375 g/mol. The lowest BCUT2D eigenvalue weighted by molar-refractivity contribution is -0.135. The Morgan fingerprint density at radius 3 is 1.93 bits per heavy atom. The molecular weight excluding hydrogens is 354 g/mol. The monoisotopic (exact) mass is 375 g/mol. The van der Waals surface area contributed by atoms with Gasteiger partial charge in [0.05, 0.1) is 12.5 Å². The van der Waals surface area contributed by atoms with Gasteiger partial charge in [0.25, 0.3) is 0 Å². The Morgan fingerprint density at radius 1 is 0.786 bits per heavy atom. The van der Waals surface area contributed by atoms with Crippen LogP contribution in [0.2, 0.25) is 0 Å². The van der Waals surface area contributed by atoms with Crippen molar-refractivity contribution in [1.82, 2.24) is 5.32 Å². The zero-order valence-electron chi connectivity index (χ0n) is 15.5. The predicted octanol–water partition coefficient (Wildman–Crippen LogP) is 4.65. The fraction of sp³-hybridized carbons (Fsp3) is 0.130. The molecule has 5 nitrogen and oxygen atoms in total. The number of carbonyl (C=O) groups excluding carboxylic acids is 2. The molecule has 28 heavy (non-hydrogen) atoms. The highest BCUT2D eigenvalue weighted by Gasteiger charge is 2.18. The van der Waals surface area contributed by atoms with Crippen LogP contribution in [0.1, 0.15) is 24.9 Å². The molecule has 0 heterocycles. The van der Waals surface area contributed by atoms with Gasteiger partial charge in [-0.25, -0.2) is 0 Å². The van der Waals surface area contributed by atoms with Crippen molar-refractivity contribution < 1.29 is 19.1 Å². The first-order valence-electron chi connectivity index (χ1n) is 8.96. The third-order valence-corrected chi connectivity index (χ3v) is 3.98. The molecular formula is C23H21NO4. The highest BCUT2D eigenvalue weighted by Crippen LogP contribution is 2.24. The van der Waals surface area contributed by atoms with E-state index in [2.05, 4.69) is 5.32 Å². The lowest BCUT2D eigenvalue weighted by atomic mass is 10.0. The molecule has 0 spiro atoms. The number of hydrogen-bond acceptors (Lipinski definition) is 4. The van der Waals surface area contributed by atoms with Crippen molar-refractivity contribution in [3.8, 4) is 17.2 Å². The summed E-state index contributed by atoms with van der Waals surface area (Å²) in [4.78, 5) is 23.8. The van der Waals surface area contributed by atoms with Crippen molar-refractivity contribution in [3.63, 3.8) is 0 Å². The Bertz CT molecular complexity index is 908. The van der Waals surface area contributed by atoms with Gasteiger partial charge in [0.15, 0.2) is 0 Å². The molecule has 0 aliphatic carbocycles. The normalized spacial score (nSPS) is 11.3. The Kier molecular flexibility index (Phi) is 6.41. The number of nitrogens with one attached hydrogen (secondary N) is 1. The van der Waals surface area contributed by atoms with E-state index in [-0.39, 0.29) is 12.3 Å². The van der Waals surface area contributed by atoms with Crippen molar-refractivity contribution in [2.24, 2.45) is 0 Å². The summed E-state index contributed by atoms with van der Waals surface area (Å²) in [6, 6.07) is 25.1. The van der Waals surface area contributed by atoms with Crippen LogP contribution >= 0.6 is 0 Å². The number of carbonyl (C=O) groups is 2. The molecule has 0 aliphatic rings. The van der Waals surface area contributed by atoms with Crippen molar-refractivity contribution in [2.75, 3.05) is 0 Å². The minimum absolute atomic E-state index is 0.0336. The lowest BCUT2D eigenvalue weighted by Gasteiger charge is -2.17. The van der Waals surface area contributed by atoms with Crippen LogP contribution < -0.4 is 14.8 Å². The number of ether oxygens (including phenoxy) is 2. The molecule has 3 aromatic rings. The SMILES string of the molecule is CC(=O)N[C@H](CC(=O)Oc1ccc(Oc2ccccc2)cc1)c1ccccc1. The fourth-order valence-corrected chi connectivity index (χ4v) is 2.72. The first-order valence-corrected chi connectivity index (χ1v) is 8.96. The molecule has 3 rings (SSSR count). The maximum absolute atomic E-state index is 12.3. The highest BCUT2D eigenvalue weighted by atomic mass is 16.5. The number of para-hydroxylation sites is 1. The third kappa shape index (κ3) is 5.71. The summed E-state index contributed by atoms with van der Waals surface area (Å²) in [6.45, 7) is 1.42. The van der Waals surface area contributed by atoms with Gasteiger partial charge in [0.2, 0.25) is 5.91 Å². The van der Waals surface area contributed by atoms with Crippen LogP contribution in [0.5, 0.6) is 17.2 Å². The summed E-state index contributed by atoms with van der Waals surface area (Å²) < 4.78 is 11.1. The van der Waals surface area contributed by atoms with E-state index in [0.29, 0.717) is 11.5 Å². The Morgan fingerprint density at radius 2 is 1.32 bits per heavy atom. The topological polar surface area (TPSA) is 64.6 Å². The Labute approximate surface area is 163 Å². The number of rotatable bonds is 7. The maximum Gasteiger partial charge on any atom is 0.313 e. The van der Waals surface area contributed by atoms with E-state index in [1.165, 1.54) is 6.92 Å². The van der Waals surface area contributed by atoms with Gasteiger partial charge in [-0.3, -0.25) is 9.59 Å². The Hall–Kier alpha value is -3.60. The third-order valence-electron chi connectivity index (χ3n) is 3.98. The molecule has 0 saturated carbocycles. The quantitative estimate of drug-likeness (QED) is 0.482. The summed E-state index contributed by atoms with van der Waals surface area (Å²) in [5.74, 6) is 1.16. The maximum atomic E-state index is 12.3. The van der Waals surface area contributed by atoms with E-state index in [1.807, 2.05) is 60.7 Å². The molecule has 0 aromatic heterocycles. The molecule has 0 radical (unpaired) electrons. The van der Waals surface area contributed by atoms with E-state index in [0.717, 1.165) is 11.3 Å². The fourth-order valence-electron chi connectivity index (χ4n) is 2.72. The van der Waals surface area contributed by atoms with Gasteiger partial charge in [-0.05, 0) is 42.0 Å². The lowest BCUT2D eigenvalue weighted by Crippen LogP contribution is -2.29. The molecule has 0 bridgehead atoms. The van der Waals surface area contributed by atoms with Crippen molar-refractivity contribution in [2.45, 2.75) is 19.4 Å². The molecule has 0 aliphatic heterocycles. The highest BCUT2D eigenvalue weighted by molar-refractivity contribution is 5.77. The summed E-state index contributed by atoms with van der Waals surface area (Å²) in [5.41, 5.74) is 0.848. The van der Waals surface area contributed by atoms with Gasteiger partial charge in [-0.2, -0.15) is 0 Å². The van der Waals surface area contributed by atoms with Crippen LogP contribution in [0.15, 0.2) is 84.9 Å². The van der Waals surface area contributed by atoms with Crippen LogP contribution in [-0.2, 0) is 9.59 Å². The number of amides is 1. The van der Waals surface area contributed by atoms with Gasteiger partial charge in [-0.1, -0.05) is 48.5 Å². The van der Waals surface area contributed by atoms with E-state index in [4.69, 9.17) is 9.47 Å². The standard InChI is InChI=1S/C23H21NO4/c1-17(25)24-22(18-8-4-2-5-9-18)16-23(26)28-21-14-12-20(13-15-21)27-19-10-6-3-7-11-19/h2-15,22H,16H2,1H3,(H,24,25)/t22-/m1/s1. The largest absolute Gasteiger partial charge is 0.457 e. The second-order valence-electron chi connectivity index (χ2n) is 6.23. The van der Waals surface area contributed by atoms with Gasteiger partial charge in [0, 0.05) is 6.92 Å². The van der Waals surface area contributed by atoms with Crippen LogP contribution in [0.4, 0.5) is 0 Å². The number of benzene rings is 3. The molecule has 1 atom stereocenters. The van der Waals surface area contributed by atoms with Crippen molar-refractivity contribution in [1.29, 1.82) is 0 Å². The molecule has 3 aromatic carbocycles. The van der Waals surface area contributed by atoms with Gasteiger partial charge in [0.1, 0.15) is 17.2 Å². The average Bonchev–Trinajstić information content (AvgIpc) is 2.70. The summed E-state index contributed by atoms with van der Waals surface area (Å²) in [5, 5.41) is 2.79. The van der Waals surface area contributed by atoms with Gasteiger partial charge >= 0.3 is 5.97 Å². The van der Waals surface area contributed by atoms with Crippen LogP contribution in [0.3, 0.4) is 0 Å². The molecule has 0 unspecified atom stereocenters. The molecule has 1 amide bonds. The molecule has 0 fully saturated rings. The second kappa shape index (κ2) is 9.37. The molecule has 5 heteroatoms. The first kappa shape index (κ1) is 19.2. The van der Waals surface area contributed by atoms with E-state index in [1.54, 1.807) is 24.3 Å². The smallest absolute Gasteiger partial charge is 0.313 e. The number of hydrogen-bond donors (Lipinski definition) is 1. The minimum Gasteiger partial charge on any atom is -0.457 e. The van der Waals surface area contributed by atoms with Crippen LogP contribution in [0, 0.1) is 0 Å². The van der Waals surface area contributed by atoms with Gasteiger partial charge in [-0.15, -0.1) is 0 Å². The van der Waals surface area contributed by atoms with E-state index >= 15 is 0 Å². The first-order chi connectivity index (χ1) is 13.6. The van der Waals surface area contributed by atoms with Gasteiger partial charge < -0.3 is 14.8 Å². The summed E-state index contributed by atoms with van der Waals surface area (Å²) >= 11 is 0. The molecule has 0 saturated heterocycles. The second-order valence-corrected chi connectivity index (χ2v) is 6.23. The summed E-state index contributed by atoms with van der Waals surface area (Å²) in [7, 11) is 0. The van der Waals surface area contributed by atoms with Crippen molar-refractivity contribution >= 4 is 11.9 Å². The zero-order chi connectivity index (χ0) is 19.8. The van der Waals surface area contributed by atoms with E-state index in [9.17, 15) is 9.59 Å². The van der Waals surface area contributed by atoms with Crippen molar-refractivity contribution in [3.05, 3.63) is 90.5 Å². The van der Waals surface area contributed by atoms with Crippen LogP contribution in [0.25, 0.3) is 0 Å². The summed E-state index contributed by atoms with van der Waals surface area (Å²) in [6.07, 6.45) is 0.0336. The number of esters is 1.